The maximum absolute atomic E-state index is 12.6. The Labute approximate surface area is 224 Å². The van der Waals surface area contributed by atoms with Crippen LogP contribution in [0.5, 0.6) is 0 Å². The Bertz CT molecular complexity index is 1400. The number of hydrogen-bond donors (Lipinski definition) is 0. The molecule has 0 radical (unpaired) electrons. The lowest BCUT2D eigenvalue weighted by Gasteiger charge is -2.17. The highest BCUT2D eigenvalue weighted by Crippen LogP contribution is 2.41. The Morgan fingerprint density at radius 2 is 0.417 bits per heavy atom. The molecule has 0 spiro atoms. The summed E-state index contributed by atoms with van der Waals surface area (Å²) in [4.78, 5) is 2.57. The summed E-state index contributed by atoms with van der Waals surface area (Å²) < 4.78 is 75.7. The minimum absolute atomic E-state index is 0.428. The molecule has 0 saturated heterocycles. The summed E-state index contributed by atoms with van der Waals surface area (Å²) in [6.07, 6.45) is 9.12. The van der Waals surface area contributed by atoms with Crippen molar-refractivity contribution in [1.82, 2.24) is 0 Å². The highest BCUT2D eigenvalue weighted by Gasteiger charge is 2.21. The van der Waals surface area contributed by atoms with Crippen LogP contribution >= 0.6 is 0 Å². The van der Waals surface area contributed by atoms with Gasteiger partial charge in [-0.15, -0.1) is 0 Å². The number of benzene rings is 4. The van der Waals surface area contributed by atoms with Crippen LogP contribution in [0.3, 0.4) is 0 Å². The highest BCUT2D eigenvalue weighted by atomic mass is 32.2. The smallest absolute Gasteiger partial charge is 0.0553 e. The van der Waals surface area contributed by atoms with Gasteiger partial charge in [-0.1, -0.05) is 0 Å². The molecule has 4 aromatic carbocycles. The predicted molar refractivity (Wildman–Crippen MR) is 153 cm³/mol. The monoisotopic (exact) mass is 600 g/mol. The number of fused-ring (bicyclic) bond motifs is 6. The Balaban J connectivity index is 2.42. The van der Waals surface area contributed by atoms with Crippen molar-refractivity contribution in [2.24, 2.45) is 0 Å². The molecule has 0 fully saturated rings. The molecule has 6 atom stereocenters. The minimum atomic E-state index is -1.43. The van der Waals surface area contributed by atoms with Gasteiger partial charge in [0.05, 0.1) is 94.2 Å². The van der Waals surface area contributed by atoms with E-state index >= 15 is 0 Å². The molecular weight excluding hydrogens is 577 g/mol. The molecule has 0 saturated carbocycles. The zero-order valence-corrected chi connectivity index (χ0v) is 25.3. The molecule has 0 amide bonds. The van der Waals surface area contributed by atoms with Crippen molar-refractivity contribution in [3.8, 4) is 0 Å². The van der Waals surface area contributed by atoms with E-state index in [1.807, 2.05) is 0 Å². The molecule has 6 unspecified atom stereocenters. The molecule has 0 heterocycles. The van der Waals surface area contributed by atoms with Gasteiger partial charge in [0.15, 0.2) is 0 Å². The van der Waals surface area contributed by atoms with Gasteiger partial charge in [-0.25, -0.2) is 0 Å². The van der Waals surface area contributed by atoms with E-state index in [-0.39, 0.29) is 0 Å². The third-order valence-electron chi connectivity index (χ3n) is 5.98. The third kappa shape index (κ3) is 4.76. The van der Waals surface area contributed by atoms with E-state index < -0.39 is 64.8 Å². The Morgan fingerprint density at radius 1 is 0.306 bits per heavy atom. The van der Waals surface area contributed by atoms with Crippen LogP contribution in [0.1, 0.15) is 0 Å². The first kappa shape index (κ1) is 27.6. The van der Waals surface area contributed by atoms with Gasteiger partial charge in [0, 0.05) is 37.5 Å². The van der Waals surface area contributed by atoms with Crippen LogP contribution in [0.15, 0.2) is 65.8 Å². The third-order valence-corrected chi connectivity index (χ3v) is 12.1. The molecule has 0 aliphatic carbocycles. The van der Waals surface area contributed by atoms with Crippen molar-refractivity contribution in [2.45, 2.75) is 29.4 Å². The van der Waals surface area contributed by atoms with Crippen LogP contribution in [-0.2, 0) is 64.8 Å². The molecule has 36 heavy (non-hydrogen) atoms. The maximum Gasteiger partial charge on any atom is 0.0553 e. The molecule has 0 aliphatic rings. The minimum Gasteiger partial charge on any atom is -0.255 e. The van der Waals surface area contributed by atoms with Gasteiger partial charge < -0.3 is 0 Å². The first-order valence-electron chi connectivity index (χ1n) is 10.4. The van der Waals surface area contributed by atoms with Crippen LogP contribution in [0, 0.1) is 0 Å². The second kappa shape index (κ2) is 10.4. The Kier molecular flexibility index (Phi) is 7.95. The van der Waals surface area contributed by atoms with Gasteiger partial charge in [-0.2, -0.15) is 0 Å². The van der Waals surface area contributed by atoms with Crippen molar-refractivity contribution >= 4 is 97.1 Å². The second-order valence-electron chi connectivity index (χ2n) is 8.26. The van der Waals surface area contributed by atoms with Crippen molar-refractivity contribution in [2.75, 3.05) is 37.5 Å². The van der Waals surface area contributed by atoms with Gasteiger partial charge in [0.2, 0.25) is 0 Å². The van der Waals surface area contributed by atoms with Gasteiger partial charge in [-0.05, 0) is 68.7 Å². The van der Waals surface area contributed by atoms with Crippen molar-refractivity contribution in [3.63, 3.8) is 0 Å². The SMILES string of the molecule is CS(=O)c1cc2c3cc(S(C)=O)c(S(C)=O)cc3c3cc(S(C)=O)c(S(C)=O)cc3c2cc1S(C)=O. The molecule has 0 bridgehead atoms. The van der Waals surface area contributed by atoms with E-state index in [9.17, 15) is 25.3 Å². The predicted octanol–water partition coefficient (Wildman–Crippen LogP) is 3.57. The summed E-state index contributed by atoms with van der Waals surface area (Å²) in [5.74, 6) is 0. The van der Waals surface area contributed by atoms with Crippen LogP contribution in [0.4, 0.5) is 0 Å². The molecule has 0 N–H and O–H groups in total. The molecule has 6 nitrogen and oxygen atoms in total. The summed E-state index contributed by atoms with van der Waals surface area (Å²) in [6, 6.07) is 10.4. The van der Waals surface area contributed by atoms with E-state index in [0.29, 0.717) is 61.7 Å². The summed E-state index contributed by atoms with van der Waals surface area (Å²) in [7, 11) is -8.59. The quantitative estimate of drug-likeness (QED) is 0.314. The maximum atomic E-state index is 12.6. The first-order valence-corrected chi connectivity index (χ1v) is 19.7. The number of rotatable bonds is 6. The zero-order valence-electron chi connectivity index (χ0n) is 20.4. The lowest BCUT2D eigenvalue weighted by molar-refractivity contribution is 0.678. The summed E-state index contributed by atoms with van der Waals surface area (Å²) >= 11 is 0. The molecule has 0 aliphatic heterocycles. The molecule has 4 rings (SSSR count). The average molecular weight is 601 g/mol. The molecule has 192 valence electrons. The van der Waals surface area contributed by atoms with E-state index in [4.69, 9.17) is 0 Å². The van der Waals surface area contributed by atoms with Gasteiger partial charge >= 0.3 is 0 Å². The Hall–Kier alpha value is -1.44. The summed E-state index contributed by atoms with van der Waals surface area (Å²) in [5.41, 5.74) is 0. The molecule has 0 aromatic heterocycles. The largest absolute Gasteiger partial charge is 0.255 e. The lowest BCUT2D eigenvalue weighted by atomic mass is 9.94. The highest BCUT2D eigenvalue weighted by molar-refractivity contribution is 7.88. The fraction of sp³-hybridized carbons (Fsp3) is 0.250. The summed E-state index contributed by atoms with van der Waals surface area (Å²) in [6.45, 7) is 0. The van der Waals surface area contributed by atoms with Crippen LogP contribution in [0.25, 0.3) is 32.3 Å². The van der Waals surface area contributed by atoms with Crippen molar-refractivity contribution < 1.29 is 25.3 Å². The van der Waals surface area contributed by atoms with Gasteiger partial charge in [-0.3, -0.25) is 25.3 Å². The van der Waals surface area contributed by atoms with Crippen molar-refractivity contribution in [3.05, 3.63) is 36.4 Å². The van der Waals surface area contributed by atoms with Gasteiger partial charge in [0.25, 0.3) is 0 Å². The average Bonchev–Trinajstić information content (AvgIpc) is 2.81. The van der Waals surface area contributed by atoms with Gasteiger partial charge in [0.1, 0.15) is 0 Å². The fourth-order valence-corrected chi connectivity index (χ4v) is 10.2. The normalized spacial score (nSPS) is 17.2. The van der Waals surface area contributed by atoms with Crippen LogP contribution < -0.4 is 0 Å². The Morgan fingerprint density at radius 3 is 0.500 bits per heavy atom. The van der Waals surface area contributed by atoms with E-state index in [1.165, 1.54) is 37.5 Å². The topological polar surface area (TPSA) is 102 Å². The first-order chi connectivity index (χ1) is 16.8. The molecule has 4 aromatic rings. The summed E-state index contributed by atoms with van der Waals surface area (Å²) in [5, 5.41) is 4.14. The van der Waals surface area contributed by atoms with Crippen molar-refractivity contribution in [1.29, 1.82) is 0 Å². The van der Waals surface area contributed by atoms with E-state index in [0.717, 1.165) is 0 Å². The molecule has 12 heteroatoms. The molecular formula is C24H24O6S6. The number of hydrogen-bond acceptors (Lipinski definition) is 6. The van der Waals surface area contributed by atoms with Crippen LogP contribution in [0.2, 0.25) is 0 Å². The van der Waals surface area contributed by atoms with Crippen LogP contribution in [-0.4, -0.2) is 62.8 Å². The second-order valence-corrected chi connectivity index (χ2v) is 16.3. The fourth-order valence-electron chi connectivity index (χ4n) is 4.36. The lowest BCUT2D eigenvalue weighted by Crippen LogP contribution is -2.02. The zero-order chi connectivity index (χ0) is 26.6. The van der Waals surface area contributed by atoms with E-state index in [2.05, 4.69) is 0 Å². The standard InChI is InChI=1S/C24H24O6S6/c1-31(25)19-7-13-14(8-20(19)32(2)26)16-10-22(34(4)28)24(36(6)30)12-18(16)17-11-23(35(5)29)21(33(3)27)9-15(13)17/h7-12H,1-6H3. The van der Waals surface area contributed by atoms with E-state index in [1.54, 1.807) is 36.4 Å².